The number of hydrogen-bond donors (Lipinski definition) is 1. The molecule has 0 amide bonds. The van der Waals surface area contributed by atoms with Gasteiger partial charge in [-0.05, 0) is 63.3 Å². The molecule has 0 unspecified atom stereocenters. The Morgan fingerprint density at radius 2 is 1.85 bits per heavy atom. The highest BCUT2D eigenvalue weighted by Gasteiger charge is 2.38. The molecule has 2 fully saturated rings. The summed E-state index contributed by atoms with van der Waals surface area (Å²) in [7, 11) is 2.24. The lowest BCUT2D eigenvalue weighted by Crippen LogP contribution is -2.55. The van der Waals surface area contributed by atoms with Crippen LogP contribution in [0.4, 0.5) is 0 Å². The summed E-state index contributed by atoms with van der Waals surface area (Å²) in [5.41, 5.74) is 6.37. The van der Waals surface area contributed by atoms with E-state index in [0.717, 1.165) is 44.1 Å². The Morgan fingerprint density at radius 1 is 1.20 bits per heavy atom. The molecule has 2 N–H and O–H groups in total. The van der Waals surface area contributed by atoms with Crippen molar-refractivity contribution >= 4 is 0 Å². The monoisotopic (exact) mass is 282 g/mol. The number of rotatable bonds is 8. The predicted molar refractivity (Wildman–Crippen MR) is 84.8 cm³/mol. The van der Waals surface area contributed by atoms with Crippen LogP contribution in [0, 0.1) is 17.8 Å². The molecule has 2 aliphatic carbocycles. The molecule has 0 heterocycles. The lowest BCUT2D eigenvalue weighted by atomic mass is 9.72. The minimum absolute atomic E-state index is 0.230. The quantitative estimate of drug-likeness (QED) is 0.696. The van der Waals surface area contributed by atoms with E-state index in [1.807, 2.05) is 0 Å². The highest BCUT2D eigenvalue weighted by Crippen LogP contribution is 2.38. The summed E-state index contributed by atoms with van der Waals surface area (Å²) in [6.45, 7) is 8.36. The molecule has 2 rings (SSSR count). The van der Waals surface area contributed by atoms with Gasteiger partial charge < -0.3 is 10.5 Å². The molecule has 20 heavy (non-hydrogen) atoms. The summed E-state index contributed by atoms with van der Waals surface area (Å²) in [6.07, 6.45) is 7.93. The zero-order valence-electron chi connectivity index (χ0n) is 13.7. The second-order valence-corrected chi connectivity index (χ2v) is 7.45. The van der Waals surface area contributed by atoms with Gasteiger partial charge in [0.15, 0.2) is 0 Å². The van der Waals surface area contributed by atoms with Gasteiger partial charge in [-0.1, -0.05) is 13.8 Å². The van der Waals surface area contributed by atoms with E-state index < -0.39 is 0 Å². The number of nitrogens with zero attached hydrogens (tertiary/aromatic N) is 1. The maximum Gasteiger partial charge on any atom is 0.0593 e. The fraction of sp³-hybridized carbons (Fsp3) is 1.00. The molecule has 0 saturated heterocycles. The Labute approximate surface area is 125 Å². The first-order valence-electron chi connectivity index (χ1n) is 8.56. The maximum atomic E-state index is 6.14. The predicted octanol–water partition coefficient (Wildman–Crippen LogP) is 2.89. The molecule has 3 nitrogen and oxygen atoms in total. The second-order valence-electron chi connectivity index (χ2n) is 7.45. The Balaban J connectivity index is 1.74. The van der Waals surface area contributed by atoms with E-state index in [4.69, 9.17) is 10.5 Å². The highest BCUT2D eigenvalue weighted by molar-refractivity contribution is 4.95. The molecule has 0 radical (unpaired) electrons. The van der Waals surface area contributed by atoms with Crippen molar-refractivity contribution in [3.8, 4) is 0 Å². The van der Waals surface area contributed by atoms with Crippen LogP contribution >= 0.6 is 0 Å². The van der Waals surface area contributed by atoms with Gasteiger partial charge in [-0.3, -0.25) is 4.90 Å². The average molecular weight is 282 g/mol. The van der Waals surface area contributed by atoms with E-state index in [1.165, 1.54) is 38.5 Å². The SMILES string of the molecule is CC(C)C1CCC(CN)(N(C)CCOCC2CC2)CC1. The third kappa shape index (κ3) is 4.19. The van der Waals surface area contributed by atoms with Crippen LogP contribution in [0.25, 0.3) is 0 Å². The molecule has 0 aromatic carbocycles. The first-order valence-corrected chi connectivity index (χ1v) is 8.56. The standard InChI is InChI=1S/C17H34N2O/c1-14(2)16-6-8-17(13-18,9-7-16)19(3)10-11-20-12-15-4-5-15/h14-16H,4-13,18H2,1-3H3. The van der Waals surface area contributed by atoms with Crippen molar-refractivity contribution < 1.29 is 4.74 Å². The third-order valence-corrected chi connectivity index (χ3v) is 5.72. The average Bonchev–Trinajstić information content (AvgIpc) is 3.27. The van der Waals surface area contributed by atoms with E-state index in [0.29, 0.717) is 0 Å². The zero-order chi connectivity index (χ0) is 14.6. The van der Waals surface area contributed by atoms with Gasteiger partial charge >= 0.3 is 0 Å². The molecule has 0 spiro atoms. The van der Waals surface area contributed by atoms with E-state index >= 15 is 0 Å². The first-order chi connectivity index (χ1) is 9.57. The maximum absolute atomic E-state index is 6.14. The van der Waals surface area contributed by atoms with Crippen molar-refractivity contribution in [3.63, 3.8) is 0 Å². The van der Waals surface area contributed by atoms with Gasteiger partial charge in [0, 0.05) is 25.2 Å². The van der Waals surface area contributed by atoms with Gasteiger partial charge in [-0.25, -0.2) is 0 Å². The van der Waals surface area contributed by atoms with E-state index in [9.17, 15) is 0 Å². The smallest absolute Gasteiger partial charge is 0.0593 e. The molecule has 0 atom stereocenters. The Kier molecular flexibility index (Phi) is 5.88. The van der Waals surface area contributed by atoms with Crippen LogP contribution in [0.5, 0.6) is 0 Å². The summed E-state index contributed by atoms with van der Waals surface area (Å²) in [5, 5.41) is 0. The molecular formula is C17H34N2O. The molecular weight excluding hydrogens is 248 g/mol. The molecule has 0 aromatic heterocycles. The van der Waals surface area contributed by atoms with Crippen molar-refractivity contribution in [1.82, 2.24) is 4.90 Å². The number of hydrogen-bond acceptors (Lipinski definition) is 3. The second kappa shape index (κ2) is 7.24. The number of nitrogens with two attached hydrogens (primary N) is 1. The van der Waals surface area contributed by atoms with E-state index in [-0.39, 0.29) is 5.54 Å². The normalized spacial score (nSPS) is 31.2. The molecule has 2 saturated carbocycles. The van der Waals surface area contributed by atoms with Crippen LogP contribution < -0.4 is 5.73 Å². The number of ether oxygens (including phenoxy) is 1. The Morgan fingerprint density at radius 3 is 2.35 bits per heavy atom. The fourth-order valence-electron chi connectivity index (χ4n) is 3.56. The zero-order valence-corrected chi connectivity index (χ0v) is 13.7. The van der Waals surface area contributed by atoms with Gasteiger partial charge in [-0.15, -0.1) is 0 Å². The highest BCUT2D eigenvalue weighted by atomic mass is 16.5. The van der Waals surface area contributed by atoms with Crippen molar-refractivity contribution in [1.29, 1.82) is 0 Å². The summed E-state index contributed by atoms with van der Waals surface area (Å²) < 4.78 is 5.79. The molecule has 0 aromatic rings. The van der Waals surface area contributed by atoms with Crippen molar-refractivity contribution in [2.45, 2.75) is 57.9 Å². The lowest BCUT2D eigenvalue weighted by molar-refractivity contribution is 0.0251. The molecule has 2 aliphatic rings. The van der Waals surface area contributed by atoms with Gasteiger partial charge in [0.25, 0.3) is 0 Å². The van der Waals surface area contributed by atoms with Gasteiger partial charge in [-0.2, -0.15) is 0 Å². The van der Waals surface area contributed by atoms with Crippen LogP contribution in [-0.2, 0) is 4.74 Å². The Bertz CT molecular complexity index is 281. The topological polar surface area (TPSA) is 38.5 Å². The number of likely N-dealkylation sites (N-methyl/N-ethyl adjacent to an activating group) is 1. The van der Waals surface area contributed by atoms with Crippen molar-refractivity contribution in [2.24, 2.45) is 23.5 Å². The summed E-state index contributed by atoms with van der Waals surface area (Å²) in [6, 6.07) is 0. The van der Waals surface area contributed by atoms with E-state index in [2.05, 4.69) is 25.8 Å². The van der Waals surface area contributed by atoms with Gasteiger partial charge in [0.1, 0.15) is 0 Å². The lowest BCUT2D eigenvalue weighted by Gasteiger charge is -2.46. The van der Waals surface area contributed by atoms with Crippen LogP contribution in [0.1, 0.15) is 52.4 Å². The van der Waals surface area contributed by atoms with Crippen LogP contribution in [0.2, 0.25) is 0 Å². The van der Waals surface area contributed by atoms with Crippen molar-refractivity contribution in [2.75, 3.05) is 33.4 Å². The molecule has 118 valence electrons. The van der Waals surface area contributed by atoms with E-state index in [1.54, 1.807) is 0 Å². The summed E-state index contributed by atoms with van der Waals surface area (Å²) in [4.78, 5) is 2.48. The summed E-state index contributed by atoms with van der Waals surface area (Å²) >= 11 is 0. The van der Waals surface area contributed by atoms with Crippen LogP contribution in [0.3, 0.4) is 0 Å². The minimum Gasteiger partial charge on any atom is -0.380 e. The van der Waals surface area contributed by atoms with Gasteiger partial charge in [0.2, 0.25) is 0 Å². The van der Waals surface area contributed by atoms with Gasteiger partial charge in [0.05, 0.1) is 6.61 Å². The molecule has 0 aliphatic heterocycles. The minimum atomic E-state index is 0.230. The van der Waals surface area contributed by atoms with Crippen molar-refractivity contribution in [3.05, 3.63) is 0 Å². The summed E-state index contributed by atoms with van der Waals surface area (Å²) in [5.74, 6) is 2.58. The largest absolute Gasteiger partial charge is 0.380 e. The van der Waals surface area contributed by atoms with Crippen LogP contribution in [-0.4, -0.2) is 43.8 Å². The third-order valence-electron chi connectivity index (χ3n) is 5.72. The molecule has 0 bridgehead atoms. The Hall–Kier alpha value is -0.120. The fourth-order valence-corrected chi connectivity index (χ4v) is 3.56. The van der Waals surface area contributed by atoms with Crippen LogP contribution in [0.15, 0.2) is 0 Å². The molecule has 3 heteroatoms. The first kappa shape index (κ1) is 16.3.